The fraction of sp³-hybridized carbons (Fsp3) is 0.583. The second-order valence-electron chi connectivity index (χ2n) is 9.07. The van der Waals surface area contributed by atoms with Crippen LogP contribution in [0.5, 0.6) is 5.75 Å². The lowest BCUT2D eigenvalue weighted by atomic mass is 9.82. The van der Waals surface area contributed by atoms with Crippen molar-refractivity contribution in [2.45, 2.75) is 58.6 Å². The second kappa shape index (κ2) is 9.61. The molecule has 7 heteroatoms. The van der Waals surface area contributed by atoms with Crippen molar-refractivity contribution in [3.8, 4) is 5.75 Å². The summed E-state index contributed by atoms with van der Waals surface area (Å²) in [7, 11) is 1.87. The highest BCUT2D eigenvalue weighted by Crippen LogP contribution is 2.33. The molecule has 2 aromatic rings. The van der Waals surface area contributed by atoms with Gasteiger partial charge in [0.25, 0.3) is 0 Å². The zero-order valence-electron chi connectivity index (χ0n) is 18.7. The van der Waals surface area contributed by atoms with Crippen LogP contribution in [0.15, 0.2) is 22.7 Å². The predicted octanol–water partition coefficient (Wildman–Crippen LogP) is 4.40. The minimum Gasteiger partial charge on any atom is -0.490 e. The van der Waals surface area contributed by atoms with Gasteiger partial charge in [0.1, 0.15) is 11.5 Å². The minimum absolute atomic E-state index is 0.0964. The zero-order chi connectivity index (χ0) is 22.0. The van der Waals surface area contributed by atoms with E-state index in [1.165, 1.54) is 18.4 Å². The molecular weight excluding hydrogens is 414 g/mol. The number of ether oxygens (including phenoxy) is 1. The topological polar surface area (TPSA) is 58.8 Å². The number of rotatable bonds is 8. The molecule has 4 rings (SSSR count). The summed E-state index contributed by atoms with van der Waals surface area (Å²) in [5.74, 6) is 2.12. The summed E-state index contributed by atoms with van der Waals surface area (Å²) in [6.45, 7) is 7.71. The summed E-state index contributed by atoms with van der Waals surface area (Å²) in [4.78, 5) is 16.8. The molecule has 1 saturated carbocycles. The normalized spacial score (nSPS) is 21.2. The fourth-order valence-electron chi connectivity index (χ4n) is 4.55. The number of hydrogen-bond donors (Lipinski definition) is 0. The van der Waals surface area contributed by atoms with E-state index in [2.05, 4.69) is 16.1 Å². The first-order valence-corrected chi connectivity index (χ1v) is 11.6. The molecule has 0 spiro atoms. The van der Waals surface area contributed by atoms with Crippen molar-refractivity contribution in [1.82, 2.24) is 15.0 Å². The summed E-state index contributed by atoms with van der Waals surface area (Å²) in [5.41, 5.74) is 2.86. The van der Waals surface area contributed by atoms with Gasteiger partial charge in [-0.1, -0.05) is 22.8 Å². The van der Waals surface area contributed by atoms with Gasteiger partial charge in [0, 0.05) is 30.7 Å². The number of hydrogen-bond acceptors (Lipinski definition) is 5. The Hall–Kier alpha value is -2.05. The van der Waals surface area contributed by atoms with Crippen LogP contribution >= 0.6 is 11.6 Å². The molecule has 2 aliphatic rings. The van der Waals surface area contributed by atoms with Gasteiger partial charge in [0.15, 0.2) is 0 Å². The van der Waals surface area contributed by atoms with Gasteiger partial charge in [-0.25, -0.2) is 0 Å². The Balaban J connectivity index is 1.21. The van der Waals surface area contributed by atoms with E-state index in [1.54, 1.807) is 0 Å². The van der Waals surface area contributed by atoms with Crippen LogP contribution in [0.1, 0.15) is 48.3 Å². The average molecular weight is 446 g/mol. The van der Waals surface area contributed by atoms with Gasteiger partial charge in [0.05, 0.1) is 18.2 Å². The zero-order valence-corrected chi connectivity index (χ0v) is 19.5. The Kier molecular flexibility index (Phi) is 6.87. The first-order valence-electron chi connectivity index (χ1n) is 11.2. The van der Waals surface area contributed by atoms with Gasteiger partial charge in [-0.15, -0.1) is 0 Å². The largest absolute Gasteiger partial charge is 0.490 e. The van der Waals surface area contributed by atoms with Gasteiger partial charge in [-0.3, -0.25) is 9.69 Å². The quantitative estimate of drug-likeness (QED) is 0.602. The molecule has 0 N–H and O–H groups in total. The van der Waals surface area contributed by atoms with E-state index in [0.29, 0.717) is 12.3 Å². The van der Waals surface area contributed by atoms with Crippen molar-refractivity contribution in [3.63, 3.8) is 0 Å². The van der Waals surface area contributed by atoms with Crippen molar-refractivity contribution < 1.29 is 14.1 Å². The molecule has 0 unspecified atom stereocenters. The summed E-state index contributed by atoms with van der Waals surface area (Å²) in [5, 5.41) is 4.71. The van der Waals surface area contributed by atoms with E-state index in [4.69, 9.17) is 20.9 Å². The molecule has 1 aliphatic carbocycles. The summed E-state index contributed by atoms with van der Waals surface area (Å²) < 4.78 is 11.3. The Bertz CT molecular complexity index is 897. The number of amides is 1. The number of carbonyl (C=O) groups excluding carboxylic acids is 1. The molecule has 0 radical (unpaired) electrons. The van der Waals surface area contributed by atoms with E-state index in [0.717, 1.165) is 66.8 Å². The van der Waals surface area contributed by atoms with Gasteiger partial charge in [-0.2, -0.15) is 0 Å². The maximum Gasteiger partial charge on any atom is 0.226 e. The highest BCUT2D eigenvalue weighted by Gasteiger charge is 2.32. The van der Waals surface area contributed by atoms with E-state index in [1.807, 2.05) is 37.9 Å². The third-order valence-corrected chi connectivity index (χ3v) is 6.93. The van der Waals surface area contributed by atoms with Crippen molar-refractivity contribution >= 4 is 17.5 Å². The van der Waals surface area contributed by atoms with Crippen molar-refractivity contribution in [2.24, 2.45) is 5.92 Å². The number of aromatic nitrogens is 1. The standard InChI is InChI=1S/C24H32ClN3O3/c1-16-22(17(2)31-26-16)13-24(29)27(3)14-18-10-21(11-18)30-20-7-6-19(23(25)12-20)15-28-8-4-5-9-28/h6-7,12,18,21H,4-5,8-11,13-15H2,1-3H3. The first kappa shape index (κ1) is 22.2. The number of carbonyl (C=O) groups is 1. The first-order chi connectivity index (χ1) is 14.9. The molecule has 1 aromatic carbocycles. The molecule has 2 fully saturated rings. The molecule has 6 nitrogen and oxygen atoms in total. The Morgan fingerprint density at radius 3 is 2.68 bits per heavy atom. The molecule has 31 heavy (non-hydrogen) atoms. The van der Waals surface area contributed by atoms with Crippen molar-refractivity contribution in [1.29, 1.82) is 0 Å². The second-order valence-corrected chi connectivity index (χ2v) is 9.47. The third kappa shape index (κ3) is 5.42. The fourth-order valence-corrected chi connectivity index (χ4v) is 4.78. The van der Waals surface area contributed by atoms with Crippen LogP contribution in [0.4, 0.5) is 0 Å². The molecule has 168 valence electrons. The minimum atomic E-state index is 0.0964. The lowest BCUT2D eigenvalue weighted by molar-refractivity contribution is -0.130. The smallest absolute Gasteiger partial charge is 0.226 e. The van der Waals surface area contributed by atoms with E-state index in [9.17, 15) is 4.79 Å². The number of likely N-dealkylation sites (tertiary alicyclic amines) is 1. The Morgan fingerprint density at radius 1 is 1.29 bits per heavy atom. The lowest BCUT2D eigenvalue weighted by Crippen LogP contribution is -2.42. The molecular formula is C24H32ClN3O3. The highest BCUT2D eigenvalue weighted by atomic mass is 35.5. The number of benzene rings is 1. The monoisotopic (exact) mass is 445 g/mol. The van der Waals surface area contributed by atoms with Gasteiger partial charge in [-0.05, 0) is 76.2 Å². The van der Waals surface area contributed by atoms with E-state index >= 15 is 0 Å². The SMILES string of the molecule is Cc1noc(C)c1CC(=O)N(C)CC1CC(Oc2ccc(CN3CCCC3)c(Cl)c2)C1. The maximum atomic E-state index is 12.6. The van der Waals surface area contributed by atoms with Gasteiger partial charge in [0.2, 0.25) is 5.91 Å². The molecule has 2 heterocycles. The summed E-state index contributed by atoms with van der Waals surface area (Å²) in [6.07, 6.45) is 5.00. The van der Waals surface area contributed by atoms with Crippen LogP contribution in [0.2, 0.25) is 5.02 Å². The average Bonchev–Trinajstić information content (AvgIpc) is 3.33. The molecule has 0 atom stereocenters. The number of halogens is 1. The van der Waals surface area contributed by atoms with Crippen LogP contribution in [-0.2, 0) is 17.8 Å². The molecule has 1 aromatic heterocycles. The van der Waals surface area contributed by atoms with Crippen LogP contribution in [0.25, 0.3) is 0 Å². The van der Waals surface area contributed by atoms with Crippen LogP contribution in [0.3, 0.4) is 0 Å². The van der Waals surface area contributed by atoms with Crippen LogP contribution in [0, 0.1) is 19.8 Å². The number of nitrogens with zero attached hydrogens (tertiary/aromatic N) is 3. The van der Waals surface area contributed by atoms with Crippen LogP contribution in [-0.4, -0.2) is 53.6 Å². The lowest BCUT2D eigenvalue weighted by Gasteiger charge is -2.37. The molecule has 1 saturated heterocycles. The van der Waals surface area contributed by atoms with E-state index < -0.39 is 0 Å². The van der Waals surface area contributed by atoms with Crippen molar-refractivity contribution in [3.05, 3.63) is 45.8 Å². The summed E-state index contributed by atoms with van der Waals surface area (Å²) >= 11 is 6.50. The molecule has 1 amide bonds. The Morgan fingerprint density at radius 2 is 2.03 bits per heavy atom. The van der Waals surface area contributed by atoms with Crippen LogP contribution < -0.4 is 4.74 Å². The third-order valence-electron chi connectivity index (χ3n) is 6.58. The van der Waals surface area contributed by atoms with E-state index in [-0.39, 0.29) is 12.0 Å². The summed E-state index contributed by atoms with van der Waals surface area (Å²) in [6, 6.07) is 6.07. The molecule has 1 aliphatic heterocycles. The van der Waals surface area contributed by atoms with Crippen molar-refractivity contribution in [2.75, 3.05) is 26.7 Å². The Labute approximate surface area is 189 Å². The predicted molar refractivity (Wildman–Crippen MR) is 120 cm³/mol. The maximum absolute atomic E-state index is 12.6. The van der Waals surface area contributed by atoms with Gasteiger partial charge >= 0.3 is 0 Å². The number of likely N-dealkylation sites (N-methyl/N-ethyl adjacent to an activating group) is 1. The molecule has 0 bridgehead atoms. The number of aryl methyl sites for hydroxylation is 2. The van der Waals surface area contributed by atoms with Gasteiger partial charge < -0.3 is 14.2 Å². The highest BCUT2D eigenvalue weighted by molar-refractivity contribution is 6.31.